The van der Waals surface area contributed by atoms with Gasteiger partial charge in [-0.1, -0.05) is 39.2 Å². The maximum Gasteiger partial charge on any atom is 0.182 e. The quantitative estimate of drug-likeness (QED) is 0.787. The zero-order valence-electron chi connectivity index (χ0n) is 13.2. The Labute approximate surface area is 126 Å². The van der Waals surface area contributed by atoms with Gasteiger partial charge in [-0.3, -0.25) is 0 Å². The normalized spacial score (nSPS) is 12.5. The van der Waals surface area contributed by atoms with Crippen LogP contribution in [-0.4, -0.2) is 20.2 Å². The lowest BCUT2D eigenvalue weighted by Gasteiger charge is -2.18. The smallest absolute Gasteiger partial charge is 0.182 e. The number of hydrogen-bond acceptors (Lipinski definition) is 4. The fourth-order valence-electron chi connectivity index (χ4n) is 2.66. The summed E-state index contributed by atoms with van der Waals surface area (Å²) in [4.78, 5) is 0. The number of anilines is 1. The van der Waals surface area contributed by atoms with Crippen LogP contribution in [0.1, 0.15) is 57.6 Å². The Kier molecular flexibility index (Phi) is 5.31. The van der Waals surface area contributed by atoms with Crippen molar-refractivity contribution in [2.45, 2.75) is 58.9 Å². The Hall–Kier alpha value is -1.91. The van der Waals surface area contributed by atoms with Gasteiger partial charge < -0.3 is 5.73 Å². The van der Waals surface area contributed by atoms with E-state index in [1.165, 1.54) is 12.8 Å². The molecule has 1 heterocycles. The molecule has 0 radical (unpaired) electrons. The molecule has 0 saturated carbocycles. The molecule has 2 rings (SSSR count). The molecule has 0 aliphatic heterocycles. The molecule has 21 heavy (non-hydrogen) atoms. The van der Waals surface area contributed by atoms with Crippen LogP contribution in [0, 0.1) is 6.92 Å². The van der Waals surface area contributed by atoms with E-state index >= 15 is 0 Å². The zero-order valence-corrected chi connectivity index (χ0v) is 13.2. The summed E-state index contributed by atoms with van der Waals surface area (Å²) in [7, 11) is 0. The van der Waals surface area contributed by atoms with Crippen molar-refractivity contribution >= 4 is 5.69 Å². The summed E-state index contributed by atoms with van der Waals surface area (Å²) in [5.41, 5.74) is 8.83. The molecule has 1 atom stereocenters. The molecule has 0 bridgehead atoms. The molecule has 5 nitrogen and oxygen atoms in total. The number of rotatable bonds is 7. The molecule has 2 aromatic rings. The highest BCUT2D eigenvalue weighted by molar-refractivity contribution is 5.65. The van der Waals surface area contributed by atoms with Crippen molar-refractivity contribution in [2.75, 3.05) is 5.73 Å². The highest BCUT2D eigenvalue weighted by Crippen LogP contribution is 2.28. The summed E-state index contributed by atoms with van der Waals surface area (Å²) in [6.45, 7) is 6.48. The third-order valence-corrected chi connectivity index (χ3v) is 3.85. The predicted molar refractivity (Wildman–Crippen MR) is 85.9 cm³/mol. The molecule has 0 spiro atoms. The largest absolute Gasteiger partial charge is 0.399 e. The van der Waals surface area contributed by atoms with Gasteiger partial charge in [0.15, 0.2) is 5.82 Å². The van der Waals surface area contributed by atoms with Crippen LogP contribution in [0.4, 0.5) is 5.69 Å². The third kappa shape index (κ3) is 3.60. The number of aryl methyl sites for hydroxylation is 1. The lowest BCUT2D eigenvalue weighted by Crippen LogP contribution is -2.13. The van der Waals surface area contributed by atoms with Gasteiger partial charge in [0.1, 0.15) is 0 Å². The van der Waals surface area contributed by atoms with Gasteiger partial charge in [0, 0.05) is 11.3 Å². The first kappa shape index (κ1) is 15.5. The molecular formula is C16H25N5. The van der Waals surface area contributed by atoms with E-state index in [9.17, 15) is 0 Å². The van der Waals surface area contributed by atoms with Crippen LogP contribution in [0.25, 0.3) is 11.4 Å². The molecule has 0 amide bonds. The lowest BCUT2D eigenvalue weighted by molar-refractivity contribution is 0.380. The van der Waals surface area contributed by atoms with E-state index in [4.69, 9.17) is 5.73 Å². The van der Waals surface area contributed by atoms with Crippen LogP contribution in [0.5, 0.6) is 0 Å². The van der Waals surface area contributed by atoms with Gasteiger partial charge in [-0.25, -0.2) is 4.68 Å². The second-order valence-corrected chi connectivity index (χ2v) is 5.61. The van der Waals surface area contributed by atoms with Crippen molar-refractivity contribution in [3.8, 4) is 11.4 Å². The van der Waals surface area contributed by atoms with Crippen molar-refractivity contribution < 1.29 is 0 Å². The van der Waals surface area contributed by atoms with Crippen molar-refractivity contribution in [2.24, 2.45) is 0 Å². The molecule has 1 aromatic carbocycles. The summed E-state index contributed by atoms with van der Waals surface area (Å²) in [6.07, 6.45) is 5.72. The minimum atomic E-state index is 0.362. The highest BCUT2D eigenvalue weighted by Gasteiger charge is 2.18. The molecule has 114 valence electrons. The second-order valence-electron chi connectivity index (χ2n) is 5.61. The molecule has 1 unspecified atom stereocenters. The highest BCUT2D eigenvalue weighted by atomic mass is 15.5. The number of nitrogens with zero attached hydrogens (tertiary/aromatic N) is 4. The van der Waals surface area contributed by atoms with Gasteiger partial charge >= 0.3 is 0 Å². The lowest BCUT2D eigenvalue weighted by atomic mass is 10.0. The van der Waals surface area contributed by atoms with Crippen LogP contribution in [0.3, 0.4) is 0 Å². The minimum absolute atomic E-state index is 0.362. The fraction of sp³-hybridized carbons (Fsp3) is 0.562. The molecule has 0 aliphatic carbocycles. The Bertz CT molecular complexity index is 576. The summed E-state index contributed by atoms with van der Waals surface area (Å²) in [6, 6.07) is 6.25. The van der Waals surface area contributed by atoms with Gasteiger partial charge in [0.2, 0.25) is 0 Å². The summed E-state index contributed by atoms with van der Waals surface area (Å²) in [5.74, 6) is 0.828. The number of benzene rings is 1. The topological polar surface area (TPSA) is 69.6 Å². The maximum absolute atomic E-state index is 5.92. The summed E-state index contributed by atoms with van der Waals surface area (Å²) in [5, 5.41) is 12.4. The van der Waals surface area contributed by atoms with E-state index in [0.29, 0.717) is 6.04 Å². The first-order valence-corrected chi connectivity index (χ1v) is 7.81. The van der Waals surface area contributed by atoms with Crippen LogP contribution in [0.2, 0.25) is 0 Å². The summed E-state index contributed by atoms with van der Waals surface area (Å²) >= 11 is 0. The number of unbranched alkanes of at least 4 members (excludes halogenated alkanes) is 1. The SMILES string of the molecule is CCCCC(CCC)n1nnnc1-c1cc(N)ccc1C. The van der Waals surface area contributed by atoms with E-state index in [-0.39, 0.29) is 0 Å². The van der Waals surface area contributed by atoms with Crippen LogP contribution in [0.15, 0.2) is 18.2 Å². The molecule has 2 N–H and O–H groups in total. The van der Waals surface area contributed by atoms with Crippen LogP contribution in [-0.2, 0) is 0 Å². The summed E-state index contributed by atoms with van der Waals surface area (Å²) < 4.78 is 1.99. The molecule has 0 aliphatic rings. The number of tetrazole rings is 1. The fourth-order valence-corrected chi connectivity index (χ4v) is 2.66. The van der Waals surface area contributed by atoms with Crippen molar-refractivity contribution in [1.29, 1.82) is 0 Å². The zero-order chi connectivity index (χ0) is 15.2. The van der Waals surface area contributed by atoms with Gasteiger partial charge in [0.25, 0.3) is 0 Å². The Morgan fingerprint density at radius 2 is 2.00 bits per heavy atom. The van der Waals surface area contributed by atoms with E-state index in [0.717, 1.165) is 41.9 Å². The number of nitrogen functional groups attached to an aromatic ring is 1. The Morgan fingerprint density at radius 3 is 2.71 bits per heavy atom. The second kappa shape index (κ2) is 7.20. The molecule has 0 saturated heterocycles. The van der Waals surface area contributed by atoms with E-state index in [2.05, 4.69) is 36.3 Å². The third-order valence-electron chi connectivity index (χ3n) is 3.85. The maximum atomic E-state index is 5.92. The number of hydrogen-bond donors (Lipinski definition) is 1. The first-order valence-electron chi connectivity index (χ1n) is 7.81. The first-order chi connectivity index (χ1) is 10.2. The van der Waals surface area contributed by atoms with Gasteiger partial charge in [-0.15, -0.1) is 5.10 Å². The van der Waals surface area contributed by atoms with Crippen molar-refractivity contribution in [3.63, 3.8) is 0 Å². The van der Waals surface area contributed by atoms with Crippen LogP contribution < -0.4 is 5.73 Å². The molecule has 5 heteroatoms. The van der Waals surface area contributed by atoms with Gasteiger partial charge in [0.05, 0.1) is 6.04 Å². The molecule has 1 aromatic heterocycles. The minimum Gasteiger partial charge on any atom is -0.399 e. The average molecular weight is 287 g/mol. The average Bonchev–Trinajstić information content (AvgIpc) is 2.95. The Balaban J connectivity index is 2.38. The number of nitrogens with two attached hydrogens (primary N) is 1. The molecular weight excluding hydrogens is 262 g/mol. The number of aromatic nitrogens is 4. The van der Waals surface area contributed by atoms with Crippen LogP contribution >= 0.6 is 0 Å². The van der Waals surface area contributed by atoms with E-state index in [1.54, 1.807) is 0 Å². The van der Waals surface area contributed by atoms with E-state index in [1.807, 2.05) is 22.9 Å². The monoisotopic (exact) mass is 287 g/mol. The Morgan fingerprint density at radius 1 is 1.19 bits per heavy atom. The molecule has 0 fully saturated rings. The van der Waals surface area contributed by atoms with E-state index < -0.39 is 0 Å². The van der Waals surface area contributed by atoms with Crippen molar-refractivity contribution in [3.05, 3.63) is 23.8 Å². The van der Waals surface area contributed by atoms with Gasteiger partial charge in [-0.2, -0.15) is 0 Å². The predicted octanol–water partition coefficient (Wildman–Crippen LogP) is 3.76. The van der Waals surface area contributed by atoms with Gasteiger partial charge in [-0.05, 0) is 47.9 Å². The van der Waals surface area contributed by atoms with Crippen molar-refractivity contribution in [1.82, 2.24) is 20.2 Å². The standard InChI is InChI=1S/C16H25N5/c1-4-6-8-14(7-5-2)21-16(18-19-20-21)15-11-13(17)10-9-12(15)3/h9-11,14H,4-8,17H2,1-3H3.